The van der Waals surface area contributed by atoms with Crippen LogP contribution in [0.4, 0.5) is 0 Å². The molecule has 1 aromatic rings. The molecule has 2 N–H and O–H groups in total. The molecule has 0 amide bonds. The van der Waals surface area contributed by atoms with Crippen LogP contribution in [0.25, 0.3) is 0 Å². The molecule has 7 heteroatoms. The van der Waals surface area contributed by atoms with Crippen LogP contribution in [0.2, 0.25) is 0 Å². The van der Waals surface area contributed by atoms with Gasteiger partial charge in [-0.2, -0.15) is 11.8 Å². The molecule has 1 aliphatic rings. The number of nitrogens with zero attached hydrogens (tertiary/aromatic N) is 2. The van der Waals surface area contributed by atoms with E-state index in [0.717, 1.165) is 37.1 Å². The number of aliphatic imine (C=N–C) groups is 1. The molecule has 4 nitrogen and oxygen atoms in total. The van der Waals surface area contributed by atoms with Gasteiger partial charge in [0.25, 0.3) is 0 Å². The average Bonchev–Trinajstić information content (AvgIpc) is 3.13. The standard InChI is InChI=1S/C14H24N4S2.HI/c1-3-13-18-11(10-20-13)6-7-16-14(15-2)17-9-12-5-4-8-19-12;/h10,12H,3-9H2,1-2H3,(H2,15,16,17);1H. The summed E-state index contributed by atoms with van der Waals surface area (Å²) >= 11 is 3.82. The Bertz CT molecular complexity index is 430. The van der Waals surface area contributed by atoms with Crippen molar-refractivity contribution in [3.05, 3.63) is 16.1 Å². The normalized spacial score (nSPS) is 18.4. The fourth-order valence-electron chi connectivity index (χ4n) is 2.17. The third-order valence-electron chi connectivity index (χ3n) is 3.32. The van der Waals surface area contributed by atoms with Gasteiger partial charge in [-0.1, -0.05) is 6.92 Å². The molecule has 0 spiro atoms. The Kier molecular flexibility index (Phi) is 9.66. The smallest absolute Gasteiger partial charge is 0.191 e. The summed E-state index contributed by atoms with van der Waals surface area (Å²) in [6.07, 6.45) is 4.66. The number of rotatable bonds is 6. The van der Waals surface area contributed by atoms with E-state index in [0.29, 0.717) is 0 Å². The van der Waals surface area contributed by atoms with Crippen LogP contribution >= 0.6 is 47.1 Å². The maximum atomic E-state index is 4.58. The molecule has 0 saturated carbocycles. The van der Waals surface area contributed by atoms with E-state index in [1.807, 2.05) is 7.05 Å². The van der Waals surface area contributed by atoms with E-state index in [-0.39, 0.29) is 24.0 Å². The first kappa shape index (κ1) is 19.0. The Balaban J connectivity index is 0.00000220. The summed E-state index contributed by atoms with van der Waals surface area (Å²) < 4.78 is 0. The predicted octanol–water partition coefficient (Wildman–Crippen LogP) is 2.93. The molecule has 1 aromatic heterocycles. The summed E-state index contributed by atoms with van der Waals surface area (Å²) in [6.45, 7) is 4.04. The highest BCUT2D eigenvalue weighted by Crippen LogP contribution is 2.25. The van der Waals surface area contributed by atoms with E-state index < -0.39 is 0 Å². The van der Waals surface area contributed by atoms with Crippen molar-refractivity contribution in [2.24, 2.45) is 4.99 Å². The number of hydrogen-bond donors (Lipinski definition) is 2. The maximum absolute atomic E-state index is 4.58. The predicted molar refractivity (Wildman–Crippen MR) is 105 cm³/mol. The van der Waals surface area contributed by atoms with Crippen molar-refractivity contribution < 1.29 is 0 Å². The van der Waals surface area contributed by atoms with Gasteiger partial charge in [-0.25, -0.2) is 4.98 Å². The molecule has 1 atom stereocenters. The summed E-state index contributed by atoms with van der Waals surface area (Å²) in [4.78, 5) is 8.84. The van der Waals surface area contributed by atoms with Crippen LogP contribution in [0, 0.1) is 0 Å². The Hall–Kier alpha value is -0.0200. The van der Waals surface area contributed by atoms with Gasteiger partial charge in [-0.3, -0.25) is 4.99 Å². The van der Waals surface area contributed by atoms with Crippen molar-refractivity contribution in [1.82, 2.24) is 15.6 Å². The lowest BCUT2D eigenvalue weighted by Gasteiger charge is -2.14. The van der Waals surface area contributed by atoms with Gasteiger partial charge in [0, 0.05) is 37.2 Å². The minimum Gasteiger partial charge on any atom is -0.356 e. The van der Waals surface area contributed by atoms with Crippen LogP contribution in [-0.4, -0.2) is 42.1 Å². The minimum absolute atomic E-state index is 0. The van der Waals surface area contributed by atoms with Crippen molar-refractivity contribution in [3.8, 4) is 0 Å². The number of nitrogens with one attached hydrogen (secondary N) is 2. The van der Waals surface area contributed by atoms with Gasteiger partial charge in [-0.05, 0) is 25.0 Å². The first-order valence-corrected chi connectivity index (χ1v) is 9.24. The Morgan fingerprint density at radius 1 is 1.48 bits per heavy atom. The van der Waals surface area contributed by atoms with Gasteiger partial charge in [0.05, 0.1) is 10.7 Å². The molecule has 1 fully saturated rings. The molecule has 0 aromatic carbocycles. The highest BCUT2D eigenvalue weighted by molar-refractivity contribution is 14.0. The van der Waals surface area contributed by atoms with E-state index in [1.54, 1.807) is 11.3 Å². The van der Waals surface area contributed by atoms with Gasteiger partial charge >= 0.3 is 0 Å². The van der Waals surface area contributed by atoms with Gasteiger partial charge in [0.1, 0.15) is 0 Å². The van der Waals surface area contributed by atoms with E-state index >= 15 is 0 Å². The van der Waals surface area contributed by atoms with Crippen molar-refractivity contribution in [1.29, 1.82) is 0 Å². The Labute approximate surface area is 153 Å². The van der Waals surface area contributed by atoms with Gasteiger partial charge in [-0.15, -0.1) is 35.3 Å². The third kappa shape index (κ3) is 6.73. The number of aryl methyl sites for hydroxylation is 1. The lowest BCUT2D eigenvalue weighted by atomic mass is 10.2. The number of halogens is 1. The molecule has 1 aliphatic heterocycles. The molecule has 1 saturated heterocycles. The summed E-state index contributed by atoms with van der Waals surface area (Å²) in [7, 11) is 1.83. The van der Waals surface area contributed by atoms with Gasteiger partial charge in [0.15, 0.2) is 5.96 Å². The molecule has 2 rings (SSSR count). The summed E-state index contributed by atoms with van der Waals surface area (Å²) in [5.41, 5.74) is 1.18. The highest BCUT2D eigenvalue weighted by Gasteiger charge is 2.15. The zero-order valence-corrected chi connectivity index (χ0v) is 16.7. The van der Waals surface area contributed by atoms with E-state index in [1.165, 1.54) is 29.3 Å². The first-order valence-electron chi connectivity index (χ1n) is 7.31. The van der Waals surface area contributed by atoms with Gasteiger partial charge < -0.3 is 10.6 Å². The molecule has 0 aliphatic carbocycles. The second kappa shape index (κ2) is 10.7. The zero-order chi connectivity index (χ0) is 14.2. The fraction of sp³-hybridized carbons (Fsp3) is 0.714. The van der Waals surface area contributed by atoms with E-state index in [9.17, 15) is 0 Å². The fourth-order valence-corrected chi connectivity index (χ4v) is 4.15. The zero-order valence-electron chi connectivity index (χ0n) is 12.7. The Morgan fingerprint density at radius 2 is 2.33 bits per heavy atom. The lowest BCUT2D eigenvalue weighted by molar-refractivity contribution is 0.722. The molecule has 21 heavy (non-hydrogen) atoms. The second-order valence-electron chi connectivity index (χ2n) is 4.85. The van der Waals surface area contributed by atoms with Gasteiger partial charge in [0.2, 0.25) is 0 Å². The largest absolute Gasteiger partial charge is 0.356 e. The summed E-state index contributed by atoms with van der Waals surface area (Å²) in [5, 5.41) is 10.9. The number of thiazole rings is 1. The minimum atomic E-state index is 0. The van der Waals surface area contributed by atoms with E-state index in [2.05, 4.69) is 44.7 Å². The molecular formula is C14H25IN4S2. The SMILES string of the molecule is CCc1nc(CCNC(=NC)NCC2CCCS2)cs1.I. The van der Waals surface area contributed by atoms with Crippen LogP contribution in [0.3, 0.4) is 0 Å². The maximum Gasteiger partial charge on any atom is 0.191 e. The number of hydrogen-bond acceptors (Lipinski definition) is 4. The Morgan fingerprint density at radius 3 is 2.95 bits per heavy atom. The lowest BCUT2D eigenvalue weighted by Crippen LogP contribution is -2.40. The second-order valence-corrected chi connectivity index (χ2v) is 7.20. The molecule has 0 radical (unpaired) electrons. The van der Waals surface area contributed by atoms with E-state index in [4.69, 9.17) is 0 Å². The quantitative estimate of drug-likeness (QED) is 0.406. The average molecular weight is 440 g/mol. The highest BCUT2D eigenvalue weighted by atomic mass is 127. The van der Waals surface area contributed by atoms with Crippen LogP contribution in [-0.2, 0) is 12.8 Å². The van der Waals surface area contributed by atoms with Crippen LogP contribution in [0.15, 0.2) is 10.4 Å². The molecule has 1 unspecified atom stereocenters. The van der Waals surface area contributed by atoms with Crippen molar-refractivity contribution in [2.75, 3.05) is 25.9 Å². The van der Waals surface area contributed by atoms with Crippen LogP contribution in [0.1, 0.15) is 30.5 Å². The molecule has 2 heterocycles. The van der Waals surface area contributed by atoms with Crippen LogP contribution < -0.4 is 10.6 Å². The third-order valence-corrected chi connectivity index (χ3v) is 5.76. The molecule has 120 valence electrons. The molecule has 0 bridgehead atoms. The number of thioether (sulfide) groups is 1. The topological polar surface area (TPSA) is 49.3 Å². The van der Waals surface area contributed by atoms with Crippen molar-refractivity contribution in [3.63, 3.8) is 0 Å². The summed E-state index contributed by atoms with van der Waals surface area (Å²) in [5.74, 6) is 2.21. The van der Waals surface area contributed by atoms with Crippen LogP contribution in [0.5, 0.6) is 0 Å². The summed E-state index contributed by atoms with van der Waals surface area (Å²) in [6, 6.07) is 0. The van der Waals surface area contributed by atoms with Crippen molar-refractivity contribution >= 4 is 53.0 Å². The number of guanidine groups is 1. The number of aromatic nitrogens is 1. The van der Waals surface area contributed by atoms with Crippen molar-refractivity contribution in [2.45, 2.75) is 37.9 Å². The molecular weight excluding hydrogens is 415 g/mol. The first-order chi connectivity index (χ1) is 9.81. The monoisotopic (exact) mass is 440 g/mol.